The number of nitrogens with two attached hydrogens (primary N) is 1. The van der Waals surface area contributed by atoms with Gasteiger partial charge in [0.2, 0.25) is 0 Å². The first kappa shape index (κ1) is 15.2. The van der Waals surface area contributed by atoms with Gasteiger partial charge in [0.1, 0.15) is 11.3 Å². The maximum atomic E-state index is 12.1. The summed E-state index contributed by atoms with van der Waals surface area (Å²) in [4.78, 5) is 22.5. The van der Waals surface area contributed by atoms with E-state index < -0.39 is 10.8 Å². The van der Waals surface area contributed by atoms with Crippen molar-refractivity contribution in [3.63, 3.8) is 0 Å². The smallest absolute Gasteiger partial charge is 0.306 e. The summed E-state index contributed by atoms with van der Waals surface area (Å²) in [6.45, 7) is 1.59. The molecule has 0 radical (unpaired) electrons. The Morgan fingerprint density at radius 2 is 2.29 bits per heavy atom. The molecule has 114 valence electrons. The van der Waals surface area contributed by atoms with Crippen LogP contribution in [0.1, 0.15) is 10.4 Å². The number of nitro benzene ring substituents is 1. The van der Waals surface area contributed by atoms with E-state index >= 15 is 0 Å². The highest BCUT2D eigenvalue weighted by Crippen LogP contribution is 2.27. The summed E-state index contributed by atoms with van der Waals surface area (Å²) in [5.41, 5.74) is 1.86. The molecule has 0 bridgehead atoms. The lowest BCUT2D eigenvalue weighted by atomic mass is 10.1. The van der Waals surface area contributed by atoms with Gasteiger partial charge in [-0.25, -0.2) is 0 Å². The fourth-order valence-electron chi connectivity index (χ4n) is 2.00. The third kappa shape index (κ3) is 3.66. The van der Waals surface area contributed by atoms with Crippen LogP contribution >= 0.6 is 0 Å². The van der Waals surface area contributed by atoms with Gasteiger partial charge in [0.15, 0.2) is 0 Å². The summed E-state index contributed by atoms with van der Waals surface area (Å²) in [5, 5.41) is 13.7. The summed E-state index contributed by atoms with van der Waals surface area (Å²) in [7, 11) is 0. The van der Waals surface area contributed by atoms with Crippen molar-refractivity contribution in [3.05, 3.63) is 33.9 Å². The Morgan fingerprint density at radius 3 is 2.90 bits per heavy atom. The number of rotatable bonds is 5. The number of ether oxygens (including phenoxy) is 2. The third-order valence-electron chi connectivity index (χ3n) is 2.99. The molecule has 0 aromatic heterocycles. The molecule has 1 saturated heterocycles. The molecule has 1 aliphatic rings. The molecule has 9 heteroatoms. The number of nitro groups is 1. The Bertz CT molecular complexity index is 530. The molecule has 0 aliphatic carbocycles. The first-order valence-electron chi connectivity index (χ1n) is 6.35. The van der Waals surface area contributed by atoms with Gasteiger partial charge in [-0.05, 0) is 12.1 Å². The topological polar surface area (TPSA) is 129 Å². The number of nitrogens with one attached hydrogen (secondary N) is 2. The molecule has 1 amide bonds. The fraction of sp³-hybridized carbons (Fsp3) is 0.417. The Labute approximate surface area is 120 Å². The molecule has 1 aromatic rings. The number of benzene rings is 1. The van der Waals surface area contributed by atoms with E-state index in [1.54, 1.807) is 0 Å². The highest BCUT2D eigenvalue weighted by molar-refractivity contribution is 6.00. The normalized spacial score (nSPS) is 18.0. The van der Waals surface area contributed by atoms with Gasteiger partial charge >= 0.3 is 5.69 Å². The number of nitrogen functional groups attached to an aromatic ring is 1. The van der Waals surface area contributed by atoms with Gasteiger partial charge in [-0.3, -0.25) is 20.8 Å². The Hall–Kier alpha value is -2.23. The Morgan fingerprint density at radius 1 is 1.48 bits per heavy atom. The van der Waals surface area contributed by atoms with Crippen LogP contribution in [0.15, 0.2) is 18.2 Å². The Balaban J connectivity index is 2.09. The third-order valence-corrected chi connectivity index (χ3v) is 2.99. The quantitative estimate of drug-likeness (QED) is 0.397. The number of hydrazine groups is 1. The number of carbonyl (C=O) groups is 1. The van der Waals surface area contributed by atoms with Crippen LogP contribution in [0.2, 0.25) is 0 Å². The molecule has 1 unspecified atom stereocenters. The van der Waals surface area contributed by atoms with Crippen molar-refractivity contribution in [3.8, 4) is 0 Å². The molecular weight excluding hydrogens is 280 g/mol. The molecule has 4 N–H and O–H groups in total. The molecule has 1 fully saturated rings. The molecule has 0 spiro atoms. The fourth-order valence-corrected chi connectivity index (χ4v) is 2.00. The monoisotopic (exact) mass is 296 g/mol. The average Bonchev–Trinajstić information content (AvgIpc) is 2.52. The zero-order chi connectivity index (χ0) is 15.2. The van der Waals surface area contributed by atoms with Crippen molar-refractivity contribution in [2.45, 2.75) is 6.10 Å². The second-order valence-electron chi connectivity index (χ2n) is 4.38. The highest BCUT2D eigenvalue weighted by atomic mass is 16.6. The summed E-state index contributed by atoms with van der Waals surface area (Å²) in [6, 6.07) is 4.30. The van der Waals surface area contributed by atoms with E-state index in [0.717, 1.165) is 0 Å². The van der Waals surface area contributed by atoms with E-state index in [2.05, 4.69) is 10.7 Å². The standard InChI is InChI=1S/C12H16N4O5/c13-15-10-3-1-2-9(11(10)16(18)19)12(17)14-6-8-7-20-4-5-21-8/h1-3,8,15H,4-7,13H2,(H,14,17). The van der Waals surface area contributed by atoms with Gasteiger partial charge < -0.3 is 20.2 Å². The lowest BCUT2D eigenvalue weighted by Gasteiger charge is -2.23. The predicted octanol–water partition coefficient (Wildman–Crippen LogP) is 0.0256. The van der Waals surface area contributed by atoms with Crippen molar-refractivity contribution >= 4 is 17.3 Å². The summed E-state index contributed by atoms with van der Waals surface area (Å²) in [6.07, 6.45) is -0.252. The van der Waals surface area contributed by atoms with E-state index in [-0.39, 0.29) is 29.6 Å². The van der Waals surface area contributed by atoms with Crippen LogP contribution in [0.3, 0.4) is 0 Å². The molecule has 21 heavy (non-hydrogen) atoms. The summed E-state index contributed by atoms with van der Waals surface area (Å²) >= 11 is 0. The zero-order valence-corrected chi connectivity index (χ0v) is 11.2. The van der Waals surface area contributed by atoms with Crippen LogP contribution in [-0.4, -0.2) is 43.3 Å². The zero-order valence-electron chi connectivity index (χ0n) is 11.2. The maximum absolute atomic E-state index is 12.1. The van der Waals surface area contributed by atoms with E-state index in [0.29, 0.717) is 19.8 Å². The molecular formula is C12H16N4O5. The number of hydrogen-bond donors (Lipinski definition) is 3. The van der Waals surface area contributed by atoms with E-state index in [4.69, 9.17) is 15.3 Å². The van der Waals surface area contributed by atoms with Crippen LogP contribution in [-0.2, 0) is 9.47 Å². The van der Waals surface area contributed by atoms with Crippen LogP contribution < -0.4 is 16.6 Å². The Kier molecular flexibility index (Phi) is 5.04. The summed E-state index contributed by atoms with van der Waals surface area (Å²) in [5.74, 6) is 4.66. The van der Waals surface area contributed by atoms with Crippen molar-refractivity contribution < 1.29 is 19.2 Å². The number of para-hydroxylation sites is 1. The minimum Gasteiger partial charge on any atom is -0.376 e. The molecule has 1 heterocycles. The first-order valence-corrected chi connectivity index (χ1v) is 6.35. The predicted molar refractivity (Wildman–Crippen MR) is 73.8 cm³/mol. The first-order chi connectivity index (χ1) is 10.1. The lowest BCUT2D eigenvalue weighted by molar-refractivity contribution is -0.384. The molecule has 2 rings (SSSR count). The highest BCUT2D eigenvalue weighted by Gasteiger charge is 2.25. The van der Waals surface area contributed by atoms with Crippen molar-refractivity contribution in [2.75, 3.05) is 31.8 Å². The van der Waals surface area contributed by atoms with Crippen LogP contribution in [0, 0.1) is 10.1 Å². The lowest BCUT2D eigenvalue weighted by Crippen LogP contribution is -2.39. The molecule has 1 aliphatic heterocycles. The van der Waals surface area contributed by atoms with E-state index in [9.17, 15) is 14.9 Å². The number of carbonyl (C=O) groups excluding carboxylic acids is 1. The van der Waals surface area contributed by atoms with E-state index in [1.807, 2.05) is 0 Å². The van der Waals surface area contributed by atoms with Crippen LogP contribution in [0.25, 0.3) is 0 Å². The van der Waals surface area contributed by atoms with Gasteiger partial charge in [-0.2, -0.15) is 0 Å². The summed E-state index contributed by atoms with van der Waals surface area (Å²) < 4.78 is 10.6. The van der Waals surface area contributed by atoms with Crippen molar-refractivity contribution in [2.24, 2.45) is 5.84 Å². The molecule has 1 atom stereocenters. The minimum absolute atomic E-state index is 0.0628. The van der Waals surface area contributed by atoms with Crippen LogP contribution in [0.4, 0.5) is 11.4 Å². The molecule has 1 aromatic carbocycles. The van der Waals surface area contributed by atoms with Gasteiger partial charge in [0.25, 0.3) is 5.91 Å². The van der Waals surface area contributed by atoms with E-state index in [1.165, 1.54) is 18.2 Å². The minimum atomic E-state index is -0.648. The van der Waals surface area contributed by atoms with Gasteiger partial charge in [0, 0.05) is 6.54 Å². The van der Waals surface area contributed by atoms with Crippen molar-refractivity contribution in [1.29, 1.82) is 0 Å². The van der Waals surface area contributed by atoms with Gasteiger partial charge in [-0.1, -0.05) is 6.07 Å². The molecule has 0 saturated carbocycles. The largest absolute Gasteiger partial charge is 0.376 e. The second-order valence-corrected chi connectivity index (χ2v) is 4.38. The maximum Gasteiger partial charge on any atom is 0.306 e. The average molecular weight is 296 g/mol. The van der Waals surface area contributed by atoms with Crippen molar-refractivity contribution in [1.82, 2.24) is 5.32 Å². The number of hydrogen-bond acceptors (Lipinski definition) is 7. The molecule has 9 nitrogen and oxygen atoms in total. The van der Waals surface area contributed by atoms with Gasteiger partial charge in [-0.15, -0.1) is 0 Å². The van der Waals surface area contributed by atoms with Gasteiger partial charge in [0.05, 0.1) is 30.8 Å². The van der Waals surface area contributed by atoms with Crippen LogP contribution in [0.5, 0.6) is 0 Å². The number of nitrogens with zero attached hydrogens (tertiary/aromatic N) is 1. The second kappa shape index (κ2) is 6.97. The SMILES string of the molecule is NNc1cccc(C(=O)NCC2COCCO2)c1[N+](=O)[O-]. The number of anilines is 1. The number of amides is 1.